The van der Waals surface area contributed by atoms with Crippen LogP contribution in [0.1, 0.15) is 30.0 Å². The van der Waals surface area contributed by atoms with Gasteiger partial charge in [-0.25, -0.2) is 13.2 Å². The highest BCUT2D eigenvalue weighted by molar-refractivity contribution is 7.91. The lowest BCUT2D eigenvalue weighted by Gasteiger charge is -2.07. The zero-order chi connectivity index (χ0) is 14.6. The third-order valence-electron chi connectivity index (χ3n) is 2.73. The molecule has 0 radical (unpaired) electrons. The number of esters is 1. The Labute approximate surface area is 112 Å². The van der Waals surface area contributed by atoms with E-state index in [4.69, 9.17) is 10.5 Å². The van der Waals surface area contributed by atoms with E-state index in [0.29, 0.717) is 12.2 Å². The summed E-state index contributed by atoms with van der Waals surface area (Å²) in [6.07, 6.45) is 0. The van der Waals surface area contributed by atoms with Gasteiger partial charge in [0, 0.05) is 12.3 Å². The molecule has 0 aliphatic heterocycles. The van der Waals surface area contributed by atoms with E-state index < -0.39 is 15.8 Å². The molecular formula is C11H19N3O4S. The maximum absolute atomic E-state index is 11.9. The van der Waals surface area contributed by atoms with Gasteiger partial charge < -0.3 is 10.5 Å². The van der Waals surface area contributed by atoms with Crippen LogP contribution in [0.25, 0.3) is 0 Å². The molecule has 7 nitrogen and oxygen atoms in total. The Morgan fingerprint density at radius 2 is 2.05 bits per heavy atom. The molecule has 0 aromatic carbocycles. The summed E-state index contributed by atoms with van der Waals surface area (Å²) in [4.78, 5) is 11.9. The summed E-state index contributed by atoms with van der Waals surface area (Å²) in [6, 6.07) is 0. The lowest BCUT2D eigenvalue weighted by molar-refractivity contribution is 0.0516. The van der Waals surface area contributed by atoms with Crippen molar-refractivity contribution in [3.05, 3.63) is 11.4 Å². The van der Waals surface area contributed by atoms with Crippen molar-refractivity contribution in [3.8, 4) is 0 Å². The molecule has 0 amide bonds. The van der Waals surface area contributed by atoms with Crippen LogP contribution in [-0.4, -0.2) is 42.3 Å². The highest BCUT2D eigenvalue weighted by Crippen LogP contribution is 2.17. The fraction of sp³-hybridized carbons (Fsp3) is 0.636. The third kappa shape index (κ3) is 3.69. The summed E-state index contributed by atoms with van der Waals surface area (Å²) in [5, 5.41) is 4.10. The number of aromatic nitrogens is 2. The van der Waals surface area contributed by atoms with E-state index in [9.17, 15) is 13.2 Å². The van der Waals surface area contributed by atoms with Gasteiger partial charge in [-0.2, -0.15) is 5.10 Å². The lowest BCUT2D eigenvalue weighted by atomic mass is 10.3. The highest BCUT2D eigenvalue weighted by Gasteiger charge is 2.21. The lowest BCUT2D eigenvalue weighted by Crippen LogP contribution is -2.19. The van der Waals surface area contributed by atoms with Crippen molar-refractivity contribution in [1.29, 1.82) is 0 Å². The monoisotopic (exact) mass is 289 g/mol. The SMILES string of the molecule is CCn1nc(C)c(N)c1C(=O)OCCS(=O)(=O)CC. The summed E-state index contributed by atoms with van der Waals surface area (Å²) in [7, 11) is -3.15. The zero-order valence-corrected chi connectivity index (χ0v) is 12.2. The number of nitrogens with zero attached hydrogens (tertiary/aromatic N) is 2. The number of carbonyl (C=O) groups excluding carboxylic acids is 1. The molecule has 0 unspecified atom stereocenters. The van der Waals surface area contributed by atoms with Crippen LogP contribution in [0.2, 0.25) is 0 Å². The number of ether oxygens (including phenoxy) is 1. The van der Waals surface area contributed by atoms with Gasteiger partial charge in [-0.1, -0.05) is 6.92 Å². The van der Waals surface area contributed by atoms with Gasteiger partial charge in [-0.3, -0.25) is 4.68 Å². The maximum atomic E-state index is 11.9. The number of nitrogen functional groups attached to an aromatic ring is 1. The Morgan fingerprint density at radius 1 is 1.42 bits per heavy atom. The topological polar surface area (TPSA) is 104 Å². The summed E-state index contributed by atoms with van der Waals surface area (Å²) in [5.74, 6) is -0.807. The largest absolute Gasteiger partial charge is 0.460 e. The first kappa shape index (κ1) is 15.5. The van der Waals surface area contributed by atoms with E-state index in [-0.39, 0.29) is 29.5 Å². The second-order valence-electron chi connectivity index (χ2n) is 4.04. The third-order valence-corrected chi connectivity index (χ3v) is 4.40. The summed E-state index contributed by atoms with van der Waals surface area (Å²) in [5.41, 5.74) is 6.76. The molecule has 0 aliphatic rings. The Bertz CT molecular complexity index is 563. The standard InChI is InChI=1S/C11H19N3O4S/c1-4-14-10(9(12)8(3)13-14)11(15)18-6-7-19(16,17)5-2/h4-7,12H2,1-3H3. The highest BCUT2D eigenvalue weighted by atomic mass is 32.2. The van der Waals surface area contributed by atoms with E-state index in [1.54, 1.807) is 13.8 Å². The van der Waals surface area contributed by atoms with Crippen molar-refractivity contribution in [2.24, 2.45) is 0 Å². The molecule has 1 rings (SSSR count). The van der Waals surface area contributed by atoms with Crippen molar-refractivity contribution in [3.63, 3.8) is 0 Å². The van der Waals surface area contributed by atoms with Crippen LogP contribution >= 0.6 is 0 Å². The number of hydrogen-bond donors (Lipinski definition) is 1. The van der Waals surface area contributed by atoms with Gasteiger partial charge in [0.15, 0.2) is 15.5 Å². The first-order chi connectivity index (χ1) is 8.82. The maximum Gasteiger partial charge on any atom is 0.358 e. The van der Waals surface area contributed by atoms with E-state index in [0.717, 1.165) is 0 Å². The van der Waals surface area contributed by atoms with Crippen LogP contribution in [0, 0.1) is 6.92 Å². The Morgan fingerprint density at radius 3 is 2.58 bits per heavy atom. The Kier molecular flexibility index (Phi) is 4.93. The fourth-order valence-corrected chi connectivity index (χ4v) is 2.14. The molecule has 1 aromatic rings. The molecule has 108 valence electrons. The van der Waals surface area contributed by atoms with Crippen LogP contribution in [0.3, 0.4) is 0 Å². The van der Waals surface area contributed by atoms with E-state index in [1.165, 1.54) is 4.68 Å². The summed E-state index contributed by atoms with van der Waals surface area (Å²) >= 11 is 0. The van der Waals surface area contributed by atoms with Gasteiger partial charge >= 0.3 is 5.97 Å². The smallest absolute Gasteiger partial charge is 0.358 e. The van der Waals surface area contributed by atoms with Crippen LogP contribution in [0.15, 0.2) is 0 Å². The van der Waals surface area contributed by atoms with Gasteiger partial charge in [0.2, 0.25) is 0 Å². The molecule has 1 heterocycles. The van der Waals surface area contributed by atoms with E-state index in [1.807, 2.05) is 6.92 Å². The van der Waals surface area contributed by atoms with Crippen molar-refractivity contribution in [2.45, 2.75) is 27.3 Å². The molecule has 1 aromatic heterocycles. The van der Waals surface area contributed by atoms with Gasteiger partial charge in [0.05, 0.1) is 17.1 Å². The second kappa shape index (κ2) is 6.05. The van der Waals surface area contributed by atoms with Crippen molar-refractivity contribution in [2.75, 3.05) is 23.8 Å². The van der Waals surface area contributed by atoms with Crippen molar-refractivity contribution < 1.29 is 17.9 Å². The molecule has 0 atom stereocenters. The van der Waals surface area contributed by atoms with Gasteiger partial charge in [0.1, 0.15) is 6.61 Å². The van der Waals surface area contributed by atoms with E-state index in [2.05, 4.69) is 5.10 Å². The van der Waals surface area contributed by atoms with Crippen LogP contribution in [0.4, 0.5) is 5.69 Å². The molecule has 19 heavy (non-hydrogen) atoms. The van der Waals surface area contributed by atoms with Crippen molar-refractivity contribution in [1.82, 2.24) is 9.78 Å². The number of nitrogens with two attached hydrogens (primary N) is 1. The Balaban J connectivity index is 2.74. The molecule has 0 fully saturated rings. The molecule has 2 N–H and O–H groups in total. The average molecular weight is 289 g/mol. The predicted octanol–water partition coefficient (Wildman–Crippen LogP) is 0.385. The number of carbonyl (C=O) groups is 1. The minimum absolute atomic E-state index is 0.0265. The minimum Gasteiger partial charge on any atom is -0.460 e. The number of rotatable bonds is 6. The molecule has 0 aliphatic carbocycles. The zero-order valence-electron chi connectivity index (χ0n) is 11.3. The van der Waals surface area contributed by atoms with E-state index >= 15 is 0 Å². The van der Waals surface area contributed by atoms with Crippen LogP contribution < -0.4 is 5.73 Å². The first-order valence-corrected chi connectivity index (χ1v) is 7.85. The molecule has 0 saturated carbocycles. The quantitative estimate of drug-likeness (QED) is 0.759. The summed E-state index contributed by atoms with van der Waals surface area (Å²) < 4.78 is 28.9. The van der Waals surface area contributed by atoms with Gasteiger partial charge in [-0.05, 0) is 13.8 Å². The molecule has 0 bridgehead atoms. The average Bonchev–Trinajstić information content (AvgIpc) is 2.65. The second-order valence-corrected chi connectivity index (χ2v) is 6.51. The number of aryl methyl sites for hydroxylation is 2. The molecule has 0 spiro atoms. The number of anilines is 1. The van der Waals surface area contributed by atoms with Gasteiger partial charge in [-0.15, -0.1) is 0 Å². The first-order valence-electron chi connectivity index (χ1n) is 6.02. The Hall–Kier alpha value is -1.57. The fourth-order valence-electron chi connectivity index (χ4n) is 1.51. The molecule has 0 saturated heterocycles. The predicted molar refractivity (Wildman–Crippen MR) is 71.7 cm³/mol. The molecule has 8 heteroatoms. The number of hydrogen-bond acceptors (Lipinski definition) is 6. The van der Waals surface area contributed by atoms with Crippen LogP contribution in [-0.2, 0) is 21.1 Å². The van der Waals surface area contributed by atoms with Crippen LogP contribution in [0.5, 0.6) is 0 Å². The summed E-state index contributed by atoms with van der Waals surface area (Å²) in [6.45, 7) is 5.37. The molecular weight excluding hydrogens is 270 g/mol. The van der Waals surface area contributed by atoms with Crippen molar-refractivity contribution >= 4 is 21.5 Å². The van der Waals surface area contributed by atoms with Gasteiger partial charge in [0.25, 0.3) is 0 Å². The number of sulfone groups is 1. The minimum atomic E-state index is -3.15. The normalized spacial score (nSPS) is 11.5.